The van der Waals surface area contributed by atoms with Gasteiger partial charge in [0, 0.05) is 11.1 Å². The second-order valence-electron chi connectivity index (χ2n) is 5.17. The van der Waals surface area contributed by atoms with Crippen LogP contribution in [0.4, 0.5) is 4.39 Å². The van der Waals surface area contributed by atoms with Gasteiger partial charge in [-0.1, -0.05) is 0 Å². The minimum atomic E-state index is -0.433. The predicted octanol–water partition coefficient (Wildman–Crippen LogP) is 2.52. The van der Waals surface area contributed by atoms with Crippen LogP contribution in [0.1, 0.15) is 33.3 Å². The fourth-order valence-corrected chi connectivity index (χ4v) is 1.71. The van der Waals surface area contributed by atoms with Gasteiger partial charge in [0.25, 0.3) is 0 Å². The van der Waals surface area contributed by atoms with Gasteiger partial charge in [-0.2, -0.15) is 5.10 Å². The Morgan fingerprint density at radius 1 is 1.37 bits per heavy atom. The van der Waals surface area contributed by atoms with Crippen LogP contribution in [0.25, 0.3) is 0 Å². The summed E-state index contributed by atoms with van der Waals surface area (Å²) >= 11 is 5.06. The first-order chi connectivity index (χ1) is 8.69. The van der Waals surface area contributed by atoms with Gasteiger partial charge in [-0.15, -0.1) is 0 Å². The molecule has 0 aliphatic carbocycles. The third-order valence-corrected chi connectivity index (χ3v) is 2.36. The molecule has 0 aliphatic rings. The number of aromatic hydroxyl groups is 1. The van der Waals surface area contributed by atoms with E-state index < -0.39 is 5.82 Å². The Hall–Kier alpha value is -1.69. The average Bonchev–Trinajstić information content (AvgIpc) is 2.27. The highest BCUT2D eigenvalue weighted by Gasteiger charge is 2.11. The molecule has 0 bridgehead atoms. The van der Waals surface area contributed by atoms with Gasteiger partial charge in [-0.05, 0) is 58.1 Å². The summed E-state index contributed by atoms with van der Waals surface area (Å²) < 4.78 is 13.1. The van der Waals surface area contributed by atoms with Crippen molar-refractivity contribution < 1.29 is 9.50 Å². The van der Waals surface area contributed by atoms with E-state index in [-0.39, 0.29) is 11.3 Å². The highest BCUT2D eigenvalue weighted by molar-refractivity contribution is 7.80. The van der Waals surface area contributed by atoms with Crippen LogP contribution in [0.15, 0.2) is 23.3 Å². The van der Waals surface area contributed by atoms with Crippen molar-refractivity contribution in [1.29, 1.82) is 0 Å². The lowest BCUT2D eigenvalue weighted by molar-refractivity contribution is 0.471. The molecular formula is C13H18FN3OS. The maximum absolute atomic E-state index is 13.1. The highest BCUT2D eigenvalue weighted by Crippen LogP contribution is 2.18. The van der Waals surface area contributed by atoms with Gasteiger partial charge < -0.3 is 10.4 Å². The zero-order valence-corrected chi connectivity index (χ0v) is 12.2. The van der Waals surface area contributed by atoms with E-state index in [9.17, 15) is 9.50 Å². The van der Waals surface area contributed by atoms with Crippen LogP contribution in [0, 0.1) is 5.82 Å². The molecule has 0 unspecified atom stereocenters. The molecule has 0 saturated carbocycles. The third-order valence-electron chi connectivity index (χ3n) is 2.16. The molecule has 1 aromatic rings. The van der Waals surface area contributed by atoms with Crippen LogP contribution in [0.2, 0.25) is 0 Å². The molecule has 0 atom stereocenters. The Balaban J connectivity index is 2.77. The van der Waals surface area contributed by atoms with Gasteiger partial charge in [0.05, 0.1) is 5.71 Å². The maximum Gasteiger partial charge on any atom is 0.187 e. The van der Waals surface area contributed by atoms with Gasteiger partial charge in [0.2, 0.25) is 0 Å². The van der Waals surface area contributed by atoms with Crippen molar-refractivity contribution in [2.24, 2.45) is 5.10 Å². The summed E-state index contributed by atoms with van der Waals surface area (Å²) in [4.78, 5) is 0. The van der Waals surface area contributed by atoms with E-state index >= 15 is 0 Å². The molecule has 1 aromatic carbocycles. The quantitative estimate of drug-likeness (QED) is 0.443. The summed E-state index contributed by atoms with van der Waals surface area (Å²) in [5, 5.41) is 17.0. The average molecular weight is 283 g/mol. The molecule has 19 heavy (non-hydrogen) atoms. The topological polar surface area (TPSA) is 56.7 Å². The first-order valence-electron chi connectivity index (χ1n) is 5.80. The molecule has 0 radical (unpaired) electrons. The largest absolute Gasteiger partial charge is 0.507 e. The fraction of sp³-hybridized carbons (Fsp3) is 0.385. The van der Waals surface area contributed by atoms with E-state index in [1.54, 1.807) is 6.92 Å². The van der Waals surface area contributed by atoms with E-state index in [4.69, 9.17) is 12.2 Å². The molecule has 1 rings (SSSR count). The Bertz CT molecular complexity index is 509. The van der Waals surface area contributed by atoms with E-state index in [1.807, 2.05) is 20.8 Å². The number of rotatable bonds is 2. The minimum absolute atomic E-state index is 0.0286. The molecule has 4 nitrogen and oxygen atoms in total. The lowest BCUT2D eigenvalue weighted by Crippen LogP contribution is -2.44. The molecular weight excluding hydrogens is 265 g/mol. The second kappa shape index (κ2) is 5.97. The van der Waals surface area contributed by atoms with E-state index in [1.165, 1.54) is 18.2 Å². The fourth-order valence-electron chi connectivity index (χ4n) is 1.36. The summed E-state index contributed by atoms with van der Waals surface area (Å²) in [5.74, 6) is -0.461. The predicted molar refractivity (Wildman–Crippen MR) is 78.9 cm³/mol. The zero-order valence-electron chi connectivity index (χ0n) is 11.4. The summed E-state index contributed by atoms with van der Waals surface area (Å²) in [6.45, 7) is 7.56. The van der Waals surface area contributed by atoms with E-state index in [0.29, 0.717) is 16.4 Å². The molecule has 0 spiro atoms. The summed E-state index contributed by atoms with van der Waals surface area (Å²) in [5.41, 5.74) is 3.25. The number of benzene rings is 1. The number of nitrogens with one attached hydrogen (secondary N) is 2. The van der Waals surface area contributed by atoms with Gasteiger partial charge in [-0.25, -0.2) is 4.39 Å². The lowest BCUT2D eigenvalue weighted by Gasteiger charge is -2.21. The van der Waals surface area contributed by atoms with Crippen LogP contribution in [-0.2, 0) is 0 Å². The molecule has 3 N–H and O–H groups in total. The molecule has 0 heterocycles. The number of hydrogen-bond donors (Lipinski definition) is 3. The number of phenolic OH excluding ortho intramolecular Hbond substituents is 1. The summed E-state index contributed by atoms with van der Waals surface area (Å²) in [7, 11) is 0. The van der Waals surface area contributed by atoms with Crippen LogP contribution in [0.5, 0.6) is 5.75 Å². The Morgan fingerprint density at radius 3 is 2.58 bits per heavy atom. The smallest absolute Gasteiger partial charge is 0.187 e. The van der Waals surface area contributed by atoms with Crippen molar-refractivity contribution in [2.75, 3.05) is 0 Å². The first-order valence-corrected chi connectivity index (χ1v) is 6.21. The van der Waals surface area contributed by atoms with E-state index in [2.05, 4.69) is 15.8 Å². The maximum atomic E-state index is 13.1. The van der Waals surface area contributed by atoms with Crippen molar-refractivity contribution in [2.45, 2.75) is 33.2 Å². The number of hydrazone groups is 1. The summed E-state index contributed by atoms with van der Waals surface area (Å²) in [6.07, 6.45) is 0. The monoisotopic (exact) mass is 283 g/mol. The number of phenols is 1. The van der Waals surface area contributed by atoms with Crippen molar-refractivity contribution in [3.63, 3.8) is 0 Å². The van der Waals surface area contributed by atoms with Crippen molar-refractivity contribution in [3.05, 3.63) is 29.6 Å². The number of halogens is 1. The van der Waals surface area contributed by atoms with Crippen LogP contribution < -0.4 is 10.7 Å². The zero-order chi connectivity index (χ0) is 14.6. The lowest BCUT2D eigenvalue weighted by atomic mass is 10.1. The molecule has 0 aliphatic heterocycles. The Morgan fingerprint density at radius 2 is 2.00 bits per heavy atom. The second-order valence-corrected chi connectivity index (χ2v) is 5.58. The minimum Gasteiger partial charge on any atom is -0.507 e. The number of hydrogen-bond acceptors (Lipinski definition) is 3. The van der Waals surface area contributed by atoms with Gasteiger partial charge in [0.1, 0.15) is 11.6 Å². The Kier molecular flexibility index (Phi) is 4.83. The standard InChI is InChI=1S/C13H18FN3OS/c1-8(10-7-9(14)5-6-11(10)18)16-17-12(19)15-13(2,3)4/h5-7,18H,1-4H3,(H2,15,17,19)/b16-8+. The first kappa shape index (κ1) is 15.4. The van der Waals surface area contributed by atoms with Crippen molar-refractivity contribution in [3.8, 4) is 5.75 Å². The number of nitrogens with zero attached hydrogens (tertiary/aromatic N) is 1. The summed E-state index contributed by atoms with van der Waals surface area (Å²) in [6, 6.07) is 3.69. The SMILES string of the molecule is C/C(=N\NC(=S)NC(C)(C)C)c1cc(F)ccc1O. The third kappa shape index (κ3) is 5.21. The highest BCUT2D eigenvalue weighted by atomic mass is 32.1. The molecule has 6 heteroatoms. The molecule has 0 aromatic heterocycles. The molecule has 0 saturated heterocycles. The molecule has 0 amide bonds. The number of thiocarbonyl (C=S) groups is 1. The van der Waals surface area contributed by atoms with Crippen molar-refractivity contribution in [1.82, 2.24) is 10.7 Å². The van der Waals surface area contributed by atoms with Crippen molar-refractivity contribution >= 4 is 23.0 Å². The van der Waals surface area contributed by atoms with Crippen LogP contribution in [0.3, 0.4) is 0 Å². The van der Waals surface area contributed by atoms with Crippen LogP contribution in [-0.4, -0.2) is 21.5 Å². The molecule has 0 fully saturated rings. The van der Waals surface area contributed by atoms with Crippen LogP contribution >= 0.6 is 12.2 Å². The van der Waals surface area contributed by atoms with Gasteiger partial charge >= 0.3 is 0 Å². The molecule has 104 valence electrons. The van der Waals surface area contributed by atoms with E-state index in [0.717, 1.165) is 0 Å². The normalized spacial score (nSPS) is 12.2. The van der Waals surface area contributed by atoms with Gasteiger partial charge in [-0.3, -0.25) is 5.43 Å². The van der Waals surface area contributed by atoms with Gasteiger partial charge in [0.15, 0.2) is 5.11 Å². The Labute approximate surface area is 117 Å².